The van der Waals surface area contributed by atoms with Gasteiger partial charge in [-0.25, -0.2) is 0 Å². The summed E-state index contributed by atoms with van der Waals surface area (Å²) in [6.45, 7) is 0.772. The lowest BCUT2D eigenvalue weighted by Gasteiger charge is -2.18. The zero-order chi connectivity index (χ0) is 14.0. The highest BCUT2D eigenvalue weighted by molar-refractivity contribution is 5.74. The number of carboxylic acid groups (broad SMARTS) is 1. The summed E-state index contributed by atoms with van der Waals surface area (Å²) in [6, 6.07) is 4.47. The molecular weight excluding hydrogens is 252 g/mol. The Morgan fingerprint density at radius 1 is 1.58 bits per heavy atom. The van der Waals surface area contributed by atoms with Crippen LogP contribution in [-0.4, -0.2) is 36.2 Å². The van der Waals surface area contributed by atoms with Crippen LogP contribution in [0.3, 0.4) is 0 Å². The van der Waals surface area contributed by atoms with Gasteiger partial charge in [-0.1, -0.05) is 0 Å². The summed E-state index contributed by atoms with van der Waals surface area (Å²) >= 11 is 0. The molecule has 0 bridgehead atoms. The van der Waals surface area contributed by atoms with Crippen LogP contribution in [0.5, 0.6) is 5.75 Å². The van der Waals surface area contributed by atoms with E-state index in [2.05, 4.69) is 0 Å². The predicted molar refractivity (Wildman–Crippen MR) is 67.6 cm³/mol. The average molecular weight is 266 g/mol. The fourth-order valence-corrected chi connectivity index (χ4v) is 2.22. The summed E-state index contributed by atoms with van der Waals surface area (Å²) in [4.78, 5) is 23.2. The first-order valence-electron chi connectivity index (χ1n) is 5.83. The number of carboxylic acids is 1. The van der Waals surface area contributed by atoms with Crippen LogP contribution in [0.25, 0.3) is 0 Å². The highest BCUT2D eigenvalue weighted by atomic mass is 16.6. The van der Waals surface area contributed by atoms with E-state index in [4.69, 9.17) is 9.84 Å². The van der Waals surface area contributed by atoms with Crippen molar-refractivity contribution in [3.05, 3.63) is 28.3 Å². The van der Waals surface area contributed by atoms with Gasteiger partial charge >= 0.3 is 5.97 Å². The molecule has 1 atom stereocenters. The van der Waals surface area contributed by atoms with Gasteiger partial charge in [-0.15, -0.1) is 0 Å². The molecule has 1 aliphatic heterocycles. The monoisotopic (exact) mass is 266 g/mol. The van der Waals surface area contributed by atoms with Crippen molar-refractivity contribution in [2.45, 2.75) is 6.42 Å². The third-order valence-electron chi connectivity index (χ3n) is 3.26. The molecule has 0 saturated carbocycles. The highest BCUT2D eigenvalue weighted by Gasteiger charge is 2.31. The number of hydrogen-bond acceptors (Lipinski definition) is 5. The molecule has 7 nitrogen and oxygen atoms in total. The Morgan fingerprint density at radius 2 is 2.32 bits per heavy atom. The first-order chi connectivity index (χ1) is 9.02. The van der Waals surface area contributed by atoms with Crippen LogP contribution in [0, 0.1) is 16.0 Å². The second kappa shape index (κ2) is 5.13. The third-order valence-corrected chi connectivity index (χ3v) is 3.26. The maximum absolute atomic E-state index is 11.0. The number of hydrogen-bond donors (Lipinski definition) is 1. The lowest BCUT2D eigenvalue weighted by atomic mass is 10.1. The summed E-state index contributed by atoms with van der Waals surface area (Å²) in [7, 11) is 1.48. The molecule has 1 fully saturated rings. The number of aliphatic carboxylic acids is 1. The summed E-state index contributed by atoms with van der Waals surface area (Å²) in [5, 5.41) is 20.0. The molecule has 0 aromatic heterocycles. The third kappa shape index (κ3) is 2.59. The van der Waals surface area contributed by atoms with Crippen molar-refractivity contribution in [3.63, 3.8) is 0 Å². The van der Waals surface area contributed by atoms with Crippen molar-refractivity contribution < 1.29 is 19.6 Å². The van der Waals surface area contributed by atoms with E-state index in [1.54, 1.807) is 11.0 Å². The molecule has 1 aliphatic rings. The molecule has 19 heavy (non-hydrogen) atoms. The zero-order valence-electron chi connectivity index (χ0n) is 10.4. The molecule has 0 radical (unpaired) electrons. The first-order valence-corrected chi connectivity index (χ1v) is 5.83. The maximum Gasteiger partial charge on any atom is 0.308 e. The van der Waals surface area contributed by atoms with Crippen LogP contribution in [0.1, 0.15) is 6.42 Å². The van der Waals surface area contributed by atoms with Crippen LogP contribution in [-0.2, 0) is 4.79 Å². The van der Waals surface area contributed by atoms with E-state index in [1.165, 1.54) is 19.2 Å². The maximum atomic E-state index is 11.0. The van der Waals surface area contributed by atoms with Crippen molar-refractivity contribution in [1.29, 1.82) is 0 Å². The first kappa shape index (κ1) is 13.1. The fraction of sp³-hybridized carbons (Fsp3) is 0.417. The molecule has 0 spiro atoms. The van der Waals surface area contributed by atoms with Crippen molar-refractivity contribution in [3.8, 4) is 5.75 Å². The Balaban J connectivity index is 2.32. The number of anilines is 1. The summed E-state index contributed by atoms with van der Waals surface area (Å²) in [5.41, 5.74) is 0.375. The molecule has 1 aromatic rings. The molecule has 2 rings (SSSR count). The minimum absolute atomic E-state index is 0.0353. The van der Waals surface area contributed by atoms with Crippen LogP contribution in [0.15, 0.2) is 18.2 Å². The Bertz CT molecular complexity index is 517. The van der Waals surface area contributed by atoms with E-state index in [0.717, 1.165) is 0 Å². The second-order valence-corrected chi connectivity index (χ2v) is 4.38. The van der Waals surface area contributed by atoms with Gasteiger partial charge in [-0.2, -0.15) is 0 Å². The molecule has 1 N–H and O–H groups in total. The zero-order valence-corrected chi connectivity index (χ0v) is 10.4. The summed E-state index contributed by atoms with van der Waals surface area (Å²) in [5.74, 6) is -0.835. The van der Waals surface area contributed by atoms with Gasteiger partial charge in [0, 0.05) is 25.2 Å². The number of nitro benzene ring substituents is 1. The van der Waals surface area contributed by atoms with Gasteiger partial charge in [-0.05, 0) is 12.5 Å². The van der Waals surface area contributed by atoms with Gasteiger partial charge in [0.1, 0.15) is 11.4 Å². The molecule has 0 aliphatic carbocycles. The summed E-state index contributed by atoms with van der Waals surface area (Å²) < 4.78 is 5.06. The number of carbonyl (C=O) groups is 1. The Kier molecular flexibility index (Phi) is 3.55. The normalized spacial score (nSPS) is 18.4. The fourth-order valence-electron chi connectivity index (χ4n) is 2.22. The average Bonchev–Trinajstić information content (AvgIpc) is 2.87. The smallest absolute Gasteiger partial charge is 0.308 e. The molecule has 0 amide bonds. The topological polar surface area (TPSA) is 92.9 Å². The van der Waals surface area contributed by atoms with Gasteiger partial charge in [0.15, 0.2) is 0 Å². The van der Waals surface area contributed by atoms with Gasteiger partial charge in [0.2, 0.25) is 0 Å². The number of benzene rings is 1. The van der Waals surface area contributed by atoms with Crippen molar-refractivity contribution >= 4 is 17.3 Å². The standard InChI is InChI=1S/C12H14N2O5/c1-19-9-2-3-10(14(17)18)11(6-9)13-5-4-8(7-13)12(15)16/h2-3,6,8H,4-5,7H2,1H3,(H,15,16). The van der Waals surface area contributed by atoms with Gasteiger partial charge < -0.3 is 14.7 Å². The van der Waals surface area contributed by atoms with E-state index in [1.807, 2.05) is 0 Å². The van der Waals surface area contributed by atoms with Crippen LogP contribution in [0.4, 0.5) is 11.4 Å². The van der Waals surface area contributed by atoms with Gasteiger partial charge in [-0.3, -0.25) is 14.9 Å². The van der Waals surface area contributed by atoms with Crippen molar-refractivity contribution in [2.24, 2.45) is 5.92 Å². The lowest BCUT2D eigenvalue weighted by molar-refractivity contribution is -0.384. The second-order valence-electron chi connectivity index (χ2n) is 4.38. The van der Waals surface area contributed by atoms with Crippen LogP contribution < -0.4 is 9.64 Å². The van der Waals surface area contributed by atoms with Crippen LogP contribution in [0.2, 0.25) is 0 Å². The van der Waals surface area contributed by atoms with E-state index in [-0.39, 0.29) is 12.2 Å². The van der Waals surface area contributed by atoms with Gasteiger partial charge in [0.05, 0.1) is 18.0 Å². The molecule has 7 heteroatoms. The number of nitro groups is 1. The quantitative estimate of drug-likeness (QED) is 0.656. The number of nitrogens with zero attached hydrogens (tertiary/aromatic N) is 2. The van der Waals surface area contributed by atoms with Crippen molar-refractivity contribution in [1.82, 2.24) is 0 Å². The largest absolute Gasteiger partial charge is 0.497 e. The predicted octanol–water partition coefficient (Wildman–Crippen LogP) is 1.51. The molecular formula is C12H14N2O5. The van der Waals surface area contributed by atoms with E-state index in [9.17, 15) is 14.9 Å². The minimum Gasteiger partial charge on any atom is -0.497 e. The SMILES string of the molecule is COc1ccc([N+](=O)[O-])c(N2CCC(C(=O)O)C2)c1. The van der Waals surface area contributed by atoms with E-state index in [0.29, 0.717) is 24.4 Å². The van der Waals surface area contributed by atoms with Crippen LogP contribution >= 0.6 is 0 Å². The molecule has 1 heterocycles. The lowest BCUT2D eigenvalue weighted by Crippen LogP contribution is -2.23. The summed E-state index contributed by atoms with van der Waals surface area (Å²) in [6.07, 6.45) is 0.490. The van der Waals surface area contributed by atoms with Gasteiger partial charge in [0.25, 0.3) is 5.69 Å². The number of rotatable bonds is 4. The number of ether oxygens (including phenoxy) is 1. The Labute approximate surface area is 109 Å². The Hall–Kier alpha value is -2.31. The molecule has 1 aromatic carbocycles. The van der Waals surface area contributed by atoms with E-state index >= 15 is 0 Å². The highest BCUT2D eigenvalue weighted by Crippen LogP contribution is 2.35. The molecule has 102 valence electrons. The molecule has 1 unspecified atom stereocenters. The molecule has 1 saturated heterocycles. The minimum atomic E-state index is -0.868. The Morgan fingerprint density at radius 3 is 2.84 bits per heavy atom. The van der Waals surface area contributed by atoms with Crippen molar-refractivity contribution in [2.75, 3.05) is 25.1 Å². The number of methoxy groups -OCH3 is 1. The van der Waals surface area contributed by atoms with E-state index < -0.39 is 16.8 Å².